The van der Waals surface area contributed by atoms with Gasteiger partial charge in [-0.2, -0.15) is 0 Å². The third-order valence-corrected chi connectivity index (χ3v) is 6.01. The van der Waals surface area contributed by atoms with E-state index in [2.05, 4.69) is 20.2 Å². The molecule has 8 heteroatoms. The lowest BCUT2D eigenvalue weighted by molar-refractivity contribution is -0.125. The van der Waals surface area contributed by atoms with Gasteiger partial charge in [0, 0.05) is 30.5 Å². The summed E-state index contributed by atoms with van der Waals surface area (Å²) in [6.07, 6.45) is 9.32. The zero-order valence-corrected chi connectivity index (χ0v) is 19.1. The largest absolute Gasteiger partial charge is 0.348 e. The second-order valence-electron chi connectivity index (χ2n) is 8.55. The van der Waals surface area contributed by atoms with Crippen molar-refractivity contribution in [2.75, 3.05) is 37.6 Å². The van der Waals surface area contributed by atoms with Gasteiger partial charge in [0.25, 0.3) is 0 Å². The smallest absolute Gasteiger partial charge is 0.246 e. The number of H-pyrrole nitrogens is 1. The Labute approximate surface area is 190 Å². The summed E-state index contributed by atoms with van der Waals surface area (Å²) in [4.78, 5) is 36.6. The number of hydrogen-bond donors (Lipinski definition) is 3. The van der Waals surface area contributed by atoms with Crippen molar-refractivity contribution in [3.05, 3.63) is 48.0 Å². The zero-order chi connectivity index (χ0) is 22.8. The van der Waals surface area contributed by atoms with Crippen LogP contribution >= 0.6 is 0 Å². The summed E-state index contributed by atoms with van der Waals surface area (Å²) in [7, 11) is 0. The van der Waals surface area contributed by atoms with Crippen molar-refractivity contribution in [1.29, 1.82) is 0 Å². The molecule has 1 unspecified atom stereocenters. The SMILES string of the molecule is Cc1ccccc1N(CCCCCN1CCCC1)C(=O)CNC(=O)C(N)Cc1cnc[nH]1. The number of hydrogen-bond acceptors (Lipinski definition) is 5. The molecule has 1 aromatic heterocycles. The maximum absolute atomic E-state index is 13.1. The number of aryl methyl sites for hydroxylation is 1. The summed E-state index contributed by atoms with van der Waals surface area (Å²) in [5.41, 5.74) is 8.71. The highest BCUT2D eigenvalue weighted by Gasteiger charge is 2.20. The topological polar surface area (TPSA) is 107 Å². The van der Waals surface area contributed by atoms with Crippen molar-refractivity contribution >= 4 is 17.5 Å². The Kier molecular flexibility index (Phi) is 9.25. The van der Waals surface area contributed by atoms with Gasteiger partial charge in [-0.1, -0.05) is 24.6 Å². The van der Waals surface area contributed by atoms with Gasteiger partial charge in [-0.05, 0) is 63.9 Å². The first-order valence-electron chi connectivity index (χ1n) is 11.6. The molecule has 2 amide bonds. The van der Waals surface area contributed by atoms with Crippen molar-refractivity contribution in [2.45, 2.75) is 51.5 Å². The van der Waals surface area contributed by atoms with Crippen molar-refractivity contribution in [3.8, 4) is 0 Å². The number of amides is 2. The van der Waals surface area contributed by atoms with E-state index in [4.69, 9.17) is 5.73 Å². The van der Waals surface area contributed by atoms with E-state index in [1.54, 1.807) is 17.4 Å². The number of benzene rings is 1. The molecule has 1 aliphatic heterocycles. The number of nitrogens with one attached hydrogen (secondary N) is 2. The highest BCUT2D eigenvalue weighted by atomic mass is 16.2. The summed E-state index contributed by atoms with van der Waals surface area (Å²) >= 11 is 0. The molecule has 2 heterocycles. The van der Waals surface area contributed by atoms with E-state index in [-0.39, 0.29) is 18.4 Å². The van der Waals surface area contributed by atoms with E-state index in [1.165, 1.54) is 25.9 Å². The van der Waals surface area contributed by atoms with Crippen molar-refractivity contribution < 1.29 is 9.59 Å². The number of para-hydroxylation sites is 1. The Bertz CT molecular complexity index is 848. The zero-order valence-electron chi connectivity index (χ0n) is 19.1. The van der Waals surface area contributed by atoms with E-state index in [0.717, 1.165) is 42.8 Å². The summed E-state index contributed by atoms with van der Waals surface area (Å²) in [6, 6.07) is 7.13. The molecular formula is C24H36N6O2. The molecule has 1 aromatic carbocycles. The van der Waals surface area contributed by atoms with Gasteiger partial charge in [-0.15, -0.1) is 0 Å². The van der Waals surface area contributed by atoms with Gasteiger partial charge in [0.2, 0.25) is 11.8 Å². The average molecular weight is 441 g/mol. The van der Waals surface area contributed by atoms with Crippen LogP contribution in [0.4, 0.5) is 5.69 Å². The number of anilines is 1. The van der Waals surface area contributed by atoms with Gasteiger partial charge in [0.15, 0.2) is 0 Å². The average Bonchev–Trinajstić information content (AvgIpc) is 3.49. The number of aromatic amines is 1. The van der Waals surface area contributed by atoms with Gasteiger partial charge in [0.1, 0.15) is 0 Å². The maximum atomic E-state index is 13.1. The number of nitrogens with zero attached hydrogens (tertiary/aromatic N) is 3. The van der Waals surface area contributed by atoms with E-state index < -0.39 is 6.04 Å². The summed E-state index contributed by atoms with van der Waals surface area (Å²) in [5, 5.41) is 2.71. The molecule has 1 saturated heterocycles. The quantitative estimate of drug-likeness (QED) is 0.438. The first-order valence-corrected chi connectivity index (χ1v) is 11.6. The monoisotopic (exact) mass is 440 g/mol. The van der Waals surface area contributed by atoms with Gasteiger partial charge in [0.05, 0.1) is 18.9 Å². The lowest BCUT2D eigenvalue weighted by atomic mass is 10.1. The van der Waals surface area contributed by atoms with Crippen molar-refractivity contribution in [2.24, 2.45) is 5.73 Å². The minimum Gasteiger partial charge on any atom is -0.348 e. The first-order chi connectivity index (χ1) is 15.5. The molecule has 8 nitrogen and oxygen atoms in total. The lowest BCUT2D eigenvalue weighted by Crippen LogP contribution is -2.47. The molecule has 1 aliphatic rings. The molecule has 174 valence electrons. The lowest BCUT2D eigenvalue weighted by Gasteiger charge is -2.25. The van der Waals surface area contributed by atoms with Crippen molar-refractivity contribution in [3.63, 3.8) is 0 Å². The predicted octanol–water partition coefficient (Wildman–Crippen LogP) is 2.00. The minimum atomic E-state index is -0.735. The fourth-order valence-electron chi connectivity index (χ4n) is 4.15. The van der Waals surface area contributed by atoms with Crippen LogP contribution in [0.2, 0.25) is 0 Å². The Morgan fingerprint density at radius 2 is 2.00 bits per heavy atom. The third-order valence-electron chi connectivity index (χ3n) is 6.01. The standard InChI is InChI=1S/C24H36N6O2/c1-19-9-3-4-10-22(19)30(14-6-2-5-11-29-12-7-8-13-29)23(31)17-27-24(32)21(25)15-20-16-26-18-28-20/h3-4,9-10,16,18,21H,2,5-8,11-15,17,25H2,1H3,(H,26,28)(H,27,32). The fourth-order valence-corrected chi connectivity index (χ4v) is 4.15. The van der Waals surface area contributed by atoms with E-state index in [9.17, 15) is 9.59 Å². The molecule has 1 fully saturated rings. The number of imidazole rings is 1. The molecule has 0 saturated carbocycles. The second-order valence-corrected chi connectivity index (χ2v) is 8.55. The van der Waals surface area contributed by atoms with Gasteiger partial charge < -0.3 is 25.8 Å². The van der Waals surface area contributed by atoms with Gasteiger partial charge in [-0.3, -0.25) is 9.59 Å². The molecule has 0 radical (unpaired) electrons. The summed E-state index contributed by atoms with van der Waals surface area (Å²) < 4.78 is 0. The highest BCUT2D eigenvalue weighted by molar-refractivity contribution is 5.97. The molecule has 0 bridgehead atoms. The Morgan fingerprint density at radius 1 is 1.22 bits per heavy atom. The number of unbranched alkanes of at least 4 members (excludes halogenated alkanes) is 2. The van der Waals surface area contributed by atoms with Crippen molar-refractivity contribution in [1.82, 2.24) is 20.2 Å². The number of carbonyl (C=O) groups is 2. The Morgan fingerprint density at radius 3 is 2.72 bits per heavy atom. The summed E-state index contributed by atoms with van der Waals surface area (Å²) in [6.45, 7) is 6.15. The van der Waals surface area contributed by atoms with Gasteiger partial charge >= 0.3 is 0 Å². The van der Waals surface area contributed by atoms with Crippen LogP contribution in [0.25, 0.3) is 0 Å². The first kappa shape index (κ1) is 23.9. The Balaban J connectivity index is 1.50. The number of nitrogens with two attached hydrogens (primary N) is 1. The molecule has 0 spiro atoms. The highest BCUT2D eigenvalue weighted by Crippen LogP contribution is 2.20. The van der Waals surface area contributed by atoms with Crippen LogP contribution in [-0.4, -0.2) is 65.4 Å². The minimum absolute atomic E-state index is 0.0718. The maximum Gasteiger partial charge on any atom is 0.246 e. The Hall–Kier alpha value is -2.71. The van der Waals surface area contributed by atoms with Crippen LogP contribution in [0.5, 0.6) is 0 Å². The van der Waals surface area contributed by atoms with E-state index in [0.29, 0.717) is 13.0 Å². The van der Waals surface area contributed by atoms with E-state index in [1.807, 2.05) is 31.2 Å². The van der Waals surface area contributed by atoms with Crippen LogP contribution in [-0.2, 0) is 16.0 Å². The predicted molar refractivity (Wildman–Crippen MR) is 126 cm³/mol. The molecule has 3 rings (SSSR count). The molecule has 4 N–H and O–H groups in total. The van der Waals surface area contributed by atoms with Crippen LogP contribution in [0.3, 0.4) is 0 Å². The fraction of sp³-hybridized carbons (Fsp3) is 0.542. The number of carbonyl (C=O) groups excluding carboxylic acids is 2. The summed E-state index contributed by atoms with van der Waals surface area (Å²) in [5.74, 6) is -0.468. The molecular weight excluding hydrogens is 404 g/mol. The normalized spacial score (nSPS) is 14.9. The van der Waals surface area contributed by atoms with Gasteiger partial charge in [-0.25, -0.2) is 4.98 Å². The number of likely N-dealkylation sites (tertiary alicyclic amines) is 1. The molecule has 32 heavy (non-hydrogen) atoms. The number of rotatable bonds is 12. The van der Waals surface area contributed by atoms with Crippen LogP contribution in [0, 0.1) is 6.92 Å². The number of aromatic nitrogens is 2. The van der Waals surface area contributed by atoms with E-state index >= 15 is 0 Å². The molecule has 0 aliphatic carbocycles. The van der Waals surface area contributed by atoms with Crippen LogP contribution in [0.1, 0.15) is 43.4 Å². The molecule has 1 atom stereocenters. The molecule has 2 aromatic rings. The van der Waals surface area contributed by atoms with Crippen LogP contribution < -0.4 is 16.0 Å². The second kappa shape index (κ2) is 12.4. The van der Waals surface area contributed by atoms with Crippen LogP contribution in [0.15, 0.2) is 36.8 Å². The third kappa shape index (κ3) is 7.17.